The van der Waals surface area contributed by atoms with Crippen LogP contribution >= 0.6 is 11.8 Å². The molecule has 1 aliphatic heterocycles. The summed E-state index contributed by atoms with van der Waals surface area (Å²) in [5, 5.41) is 9.99. The minimum Gasteiger partial charge on any atom is -0.481 e. The van der Waals surface area contributed by atoms with Gasteiger partial charge >= 0.3 is 5.97 Å². The van der Waals surface area contributed by atoms with Crippen LogP contribution in [0.3, 0.4) is 0 Å². The first-order chi connectivity index (χ1) is 8.97. The van der Waals surface area contributed by atoms with Crippen molar-refractivity contribution in [3.8, 4) is 0 Å². The van der Waals surface area contributed by atoms with Crippen LogP contribution in [0.1, 0.15) is 39.5 Å². The summed E-state index contributed by atoms with van der Waals surface area (Å²) in [4.78, 5) is 25.4. The number of carboxylic acids is 1. The lowest BCUT2D eigenvalue weighted by molar-refractivity contribution is -0.145. The van der Waals surface area contributed by atoms with Gasteiger partial charge in [-0.1, -0.05) is 13.8 Å². The molecule has 0 bridgehead atoms. The lowest BCUT2D eigenvalue weighted by Crippen LogP contribution is -2.47. The molecule has 4 nitrogen and oxygen atoms in total. The predicted molar refractivity (Wildman–Crippen MR) is 76.2 cm³/mol. The van der Waals surface area contributed by atoms with E-state index in [0.29, 0.717) is 23.3 Å². The largest absolute Gasteiger partial charge is 0.481 e. The molecule has 19 heavy (non-hydrogen) atoms. The number of aliphatic carboxylic acids is 1. The molecule has 2 rings (SSSR count). The molecule has 0 aromatic heterocycles. The molecule has 1 N–H and O–H groups in total. The fourth-order valence-electron chi connectivity index (χ4n) is 3.20. The van der Waals surface area contributed by atoms with Gasteiger partial charge in [-0.05, 0) is 25.7 Å². The molecule has 1 saturated carbocycles. The van der Waals surface area contributed by atoms with Gasteiger partial charge in [0.05, 0.1) is 5.92 Å². The van der Waals surface area contributed by atoms with Crippen molar-refractivity contribution in [1.29, 1.82) is 0 Å². The summed E-state index contributed by atoms with van der Waals surface area (Å²) in [6, 6.07) is 0. The normalized spacial score (nSPS) is 36.0. The average molecular weight is 285 g/mol. The van der Waals surface area contributed by atoms with Crippen LogP contribution in [-0.2, 0) is 9.59 Å². The van der Waals surface area contributed by atoms with Gasteiger partial charge in [0.1, 0.15) is 0 Å². The van der Waals surface area contributed by atoms with Crippen molar-refractivity contribution >= 4 is 23.6 Å². The minimum absolute atomic E-state index is 0.0538. The van der Waals surface area contributed by atoms with Crippen molar-refractivity contribution in [3.05, 3.63) is 0 Å². The highest BCUT2D eigenvalue weighted by molar-refractivity contribution is 8.00. The Kier molecular flexibility index (Phi) is 4.76. The molecule has 1 saturated heterocycles. The van der Waals surface area contributed by atoms with Crippen LogP contribution in [0.2, 0.25) is 0 Å². The van der Waals surface area contributed by atoms with Crippen molar-refractivity contribution in [2.75, 3.05) is 13.1 Å². The van der Waals surface area contributed by atoms with Crippen molar-refractivity contribution in [2.45, 2.75) is 50.0 Å². The van der Waals surface area contributed by atoms with Crippen LogP contribution in [0.25, 0.3) is 0 Å². The molecule has 1 aliphatic carbocycles. The van der Waals surface area contributed by atoms with E-state index in [-0.39, 0.29) is 17.7 Å². The molecule has 0 radical (unpaired) electrons. The highest BCUT2D eigenvalue weighted by Crippen LogP contribution is 2.32. The Hall–Kier alpha value is -0.710. The van der Waals surface area contributed by atoms with E-state index in [0.717, 1.165) is 25.9 Å². The summed E-state index contributed by atoms with van der Waals surface area (Å²) < 4.78 is 0. The van der Waals surface area contributed by atoms with Gasteiger partial charge in [0.25, 0.3) is 0 Å². The van der Waals surface area contributed by atoms with Crippen LogP contribution in [0.4, 0.5) is 0 Å². The fourth-order valence-corrected chi connectivity index (χ4v) is 4.53. The van der Waals surface area contributed by atoms with Gasteiger partial charge in [0.15, 0.2) is 0 Å². The second kappa shape index (κ2) is 6.16. The van der Waals surface area contributed by atoms with Gasteiger partial charge in [0, 0.05) is 29.5 Å². The summed E-state index contributed by atoms with van der Waals surface area (Å²) in [7, 11) is 0. The standard InChI is InChI=1S/C14H23NO3S/c1-9-7-15(8-10(2)19-9)13(16)11-3-5-12(6-4-11)14(17)18/h9-12H,3-8H2,1-2H3,(H,17,18). The first kappa shape index (κ1) is 14.7. The number of hydrogen-bond acceptors (Lipinski definition) is 3. The van der Waals surface area contributed by atoms with E-state index >= 15 is 0 Å². The molecule has 1 amide bonds. The molecule has 2 unspecified atom stereocenters. The molecular weight excluding hydrogens is 262 g/mol. The monoisotopic (exact) mass is 285 g/mol. The van der Waals surface area contributed by atoms with Crippen molar-refractivity contribution in [1.82, 2.24) is 4.90 Å². The number of nitrogens with zero attached hydrogens (tertiary/aromatic N) is 1. The summed E-state index contributed by atoms with van der Waals surface area (Å²) in [6.07, 6.45) is 2.78. The Bertz CT molecular complexity index is 343. The van der Waals surface area contributed by atoms with Crippen LogP contribution in [0, 0.1) is 11.8 Å². The average Bonchev–Trinajstić information content (AvgIpc) is 2.37. The molecule has 0 spiro atoms. The van der Waals surface area contributed by atoms with E-state index in [4.69, 9.17) is 5.11 Å². The van der Waals surface area contributed by atoms with E-state index in [1.807, 2.05) is 16.7 Å². The molecule has 2 aliphatic rings. The van der Waals surface area contributed by atoms with Gasteiger partial charge in [-0.25, -0.2) is 0 Å². The predicted octanol–water partition coefficient (Wildman–Crippen LogP) is 2.23. The maximum Gasteiger partial charge on any atom is 0.306 e. The first-order valence-electron chi connectivity index (χ1n) is 7.14. The Morgan fingerprint density at radius 3 is 1.95 bits per heavy atom. The van der Waals surface area contributed by atoms with E-state index in [1.165, 1.54) is 0 Å². The summed E-state index contributed by atoms with van der Waals surface area (Å²) in [5.41, 5.74) is 0. The summed E-state index contributed by atoms with van der Waals surface area (Å²) >= 11 is 1.94. The van der Waals surface area contributed by atoms with Gasteiger partial charge < -0.3 is 10.0 Å². The molecule has 0 aromatic carbocycles. The number of amides is 1. The molecule has 1 heterocycles. The Morgan fingerprint density at radius 1 is 1.00 bits per heavy atom. The molecular formula is C14H23NO3S. The molecule has 108 valence electrons. The van der Waals surface area contributed by atoms with Crippen LogP contribution < -0.4 is 0 Å². The number of rotatable bonds is 2. The molecule has 2 atom stereocenters. The number of carbonyl (C=O) groups excluding carboxylic acids is 1. The third-order valence-electron chi connectivity index (χ3n) is 4.16. The quantitative estimate of drug-likeness (QED) is 0.845. The second-order valence-corrected chi connectivity index (χ2v) is 7.77. The van der Waals surface area contributed by atoms with Gasteiger partial charge in [-0.3, -0.25) is 9.59 Å². The number of carboxylic acid groups (broad SMARTS) is 1. The topological polar surface area (TPSA) is 57.6 Å². The number of hydrogen-bond donors (Lipinski definition) is 1. The molecule has 2 fully saturated rings. The zero-order valence-electron chi connectivity index (χ0n) is 11.7. The van der Waals surface area contributed by atoms with Crippen molar-refractivity contribution in [3.63, 3.8) is 0 Å². The van der Waals surface area contributed by atoms with Gasteiger partial charge in [0.2, 0.25) is 5.91 Å². The van der Waals surface area contributed by atoms with E-state index < -0.39 is 5.97 Å². The fraction of sp³-hybridized carbons (Fsp3) is 0.857. The Balaban J connectivity index is 1.88. The Morgan fingerprint density at radius 2 is 1.47 bits per heavy atom. The smallest absolute Gasteiger partial charge is 0.306 e. The van der Waals surface area contributed by atoms with Crippen LogP contribution in [-0.4, -0.2) is 45.5 Å². The third kappa shape index (κ3) is 3.65. The zero-order valence-corrected chi connectivity index (χ0v) is 12.5. The molecule has 0 aromatic rings. The van der Waals surface area contributed by atoms with Gasteiger partial charge in [-0.2, -0.15) is 11.8 Å². The second-order valence-electron chi connectivity index (χ2n) is 5.89. The summed E-state index contributed by atoms with van der Waals surface area (Å²) in [6.45, 7) is 6.02. The first-order valence-corrected chi connectivity index (χ1v) is 8.08. The lowest BCUT2D eigenvalue weighted by Gasteiger charge is -2.37. The molecule has 5 heteroatoms. The Labute approximate surface area is 118 Å². The minimum atomic E-state index is -0.706. The maximum absolute atomic E-state index is 12.5. The number of carbonyl (C=O) groups is 2. The van der Waals surface area contributed by atoms with E-state index in [2.05, 4.69) is 13.8 Å². The SMILES string of the molecule is CC1CN(C(=O)C2CCC(C(=O)O)CC2)CC(C)S1. The summed E-state index contributed by atoms with van der Waals surface area (Å²) in [5.74, 6) is -0.637. The van der Waals surface area contributed by atoms with Crippen molar-refractivity contribution in [2.24, 2.45) is 11.8 Å². The van der Waals surface area contributed by atoms with E-state index in [9.17, 15) is 9.59 Å². The third-order valence-corrected chi connectivity index (χ3v) is 5.38. The van der Waals surface area contributed by atoms with Crippen LogP contribution in [0.5, 0.6) is 0 Å². The van der Waals surface area contributed by atoms with Crippen LogP contribution in [0.15, 0.2) is 0 Å². The lowest BCUT2D eigenvalue weighted by atomic mass is 9.81. The van der Waals surface area contributed by atoms with Crippen molar-refractivity contribution < 1.29 is 14.7 Å². The highest BCUT2D eigenvalue weighted by Gasteiger charge is 2.34. The van der Waals surface area contributed by atoms with E-state index in [1.54, 1.807) is 0 Å². The highest BCUT2D eigenvalue weighted by atomic mass is 32.2. The number of thioether (sulfide) groups is 1. The zero-order chi connectivity index (χ0) is 14.0. The van der Waals surface area contributed by atoms with Gasteiger partial charge in [-0.15, -0.1) is 0 Å². The maximum atomic E-state index is 12.5.